The Morgan fingerprint density at radius 1 is 1.15 bits per heavy atom. The SMILES string of the molecule is CCNC(=NCc1ccc(COC)cc1)NCC(C)(O)c1ccc(C)o1. The highest BCUT2D eigenvalue weighted by Gasteiger charge is 2.27. The third-order valence-corrected chi connectivity index (χ3v) is 3.97. The van der Waals surface area contributed by atoms with Crippen LogP contribution in [0.4, 0.5) is 0 Å². The fraction of sp³-hybridized carbons (Fsp3) is 0.450. The molecule has 2 aromatic rings. The van der Waals surface area contributed by atoms with Gasteiger partial charge in [-0.1, -0.05) is 24.3 Å². The summed E-state index contributed by atoms with van der Waals surface area (Å²) in [6.07, 6.45) is 0. The molecule has 0 aliphatic heterocycles. The van der Waals surface area contributed by atoms with Crippen LogP contribution in [-0.2, 0) is 23.5 Å². The van der Waals surface area contributed by atoms with Crippen molar-refractivity contribution >= 4 is 5.96 Å². The second-order valence-corrected chi connectivity index (χ2v) is 6.48. The Morgan fingerprint density at radius 2 is 1.85 bits per heavy atom. The van der Waals surface area contributed by atoms with E-state index in [0.29, 0.717) is 31.4 Å². The summed E-state index contributed by atoms with van der Waals surface area (Å²) in [5, 5.41) is 17.0. The molecule has 0 saturated heterocycles. The molecule has 6 nitrogen and oxygen atoms in total. The number of rotatable bonds is 8. The van der Waals surface area contributed by atoms with Crippen molar-refractivity contribution in [2.75, 3.05) is 20.2 Å². The quantitative estimate of drug-likeness (QED) is 0.499. The van der Waals surface area contributed by atoms with Gasteiger partial charge in [-0.2, -0.15) is 0 Å². The van der Waals surface area contributed by atoms with Gasteiger partial charge in [0.25, 0.3) is 0 Å². The van der Waals surface area contributed by atoms with E-state index in [9.17, 15) is 5.11 Å². The van der Waals surface area contributed by atoms with E-state index in [2.05, 4.69) is 15.6 Å². The van der Waals surface area contributed by atoms with E-state index in [1.54, 1.807) is 20.1 Å². The lowest BCUT2D eigenvalue weighted by Gasteiger charge is -2.22. The van der Waals surface area contributed by atoms with Gasteiger partial charge in [0.2, 0.25) is 0 Å². The number of furan rings is 1. The van der Waals surface area contributed by atoms with Crippen LogP contribution in [-0.4, -0.2) is 31.3 Å². The molecule has 1 unspecified atom stereocenters. The van der Waals surface area contributed by atoms with Crippen LogP contribution < -0.4 is 10.6 Å². The normalized spacial score (nSPS) is 14.1. The number of aliphatic hydroxyl groups is 1. The second kappa shape index (κ2) is 9.40. The van der Waals surface area contributed by atoms with Crippen LogP contribution in [0.5, 0.6) is 0 Å². The molecular weight excluding hydrogens is 330 g/mol. The molecule has 26 heavy (non-hydrogen) atoms. The molecule has 0 radical (unpaired) electrons. The van der Waals surface area contributed by atoms with Gasteiger partial charge in [0, 0.05) is 13.7 Å². The summed E-state index contributed by atoms with van der Waals surface area (Å²) in [4.78, 5) is 4.58. The first-order valence-electron chi connectivity index (χ1n) is 8.83. The molecule has 0 aliphatic carbocycles. The Hall–Kier alpha value is -2.31. The molecule has 2 rings (SSSR count). The lowest BCUT2D eigenvalue weighted by atomic mass is 10.0. The minimum absolute atomic E-state index is 0.290. The van der Waals surface area contributed by atoms with Crippen molar-refractivity contribution in [3.63, 3.8) is 0 Å². The van der Waals surface area contributed by atoms with Crippen LogP contribution in [0.3, 0.4) is 0 Å². The molecule has 0 fully saturated rings. The van der Waals surface area contributed by atoms with Gasteiger partial charge in [-0.15, -0.1) is 0 Å². The molecule has 142 valence electrons. The smallest absolute Gasteiger partial charge is 0.191 e. The van der Waals surface area contributed by atoms with E-state index in [1.807, 2.05) is 44.2 Å². The maximum absolute atomic E-state index is 10.6. The number of benzene rings is 1. The first kappa shape index (κ1) is 20.0. The standard InChI is InChI=1S/C20H29N3O3/c1-5-21-19(22-12-16-7-9-17(10-8-16)13-25-4)23-14-20(3,24)18-11-6-15(2)26-18/h6-11,24H,5,12-14H2,1-4H3,(H2,21,22,23). The summed E-state index contributed by atoms with van der Waals surface area (Å²) in [6.45, 7) is 7.76. The highest BCUT2D eigenvalue weighted by molar-refractivity contribution is 5.79. The Balaban J connectivity index is 1.97. The van der Waals surface area contributed by atoms with Gasteiger partial charge in [0.1, 0.15) is 17.1 Å². The number of nitrogens with zero attached hydrogens (tertiary/aromatic N) is 1. The first-order chi connectivity index (χ1) is 12.4. The minimum atomic E-state index is -1.12. The van der Waals surface area contributed by atoms with E-state index in [1.165, 1.54) is 0 Å². The average Bonchev–Trinajstić information content (AvgIpc) is 3.06. The lowest BCUT2D eigenvalue weighted by molar-refractivity contribution is 0.0378. The number of aliphatic imine (C=N–C) groups is 1. The van der Waals surface area contributed by atoms with Crippen LogP contribution >= 0.6 is 0 Å². The largest absolute Gasteiger partial charge is 0.463 e. The number of hydrogen-bond donors (Lipinski definition) is 3. The highest BCUT2D eigenvalue weighted by atomic mass is 16.5. The van der Waals surface area contributed by atoms with Crippen molar-refractivity contribution in [2.45, 2.75) is 39.5 Å². The first-order valence-corrected chi connectivity index (χ1v) is 8.83. The zero-order valence-electron chi connectivity index (χ0n) is 16.0. The molecule has 1 aromatic heterocycles. The molecule has 1 atom stereocenters. The van der Waals surface area contributed by atoms with Crippen molar-refractivity contribution in [3.8, 4) is 0 Å². The van der Waals surface area contributed by atoms with Crippen molar-refractivity contribution in [1.29, 1.82) is 0 Å². The van der Waals surface area contributed by atoms with Crippen LogP contribution in [0.2, 0.25) is 0 Å². The molecule has 1 aromatic carbocycles. The van der Waals surface area contributed by atoms with Gasteiger partial charge >= 0.3 is 0 Å². The van der Waals surface area contributed by atoms with Gasteiger partial charge in [-0.05, 0) is 44.0 Å². The average molecular weight is 359 g/mol. The summed E-state index contributed by atoms with van der Waals surface area (Å²) in [5.41, 5.74) is 1.12. The van der Waals surface area contributed by atoms with Crippen molar-refractivity contribution in [3.05, 3.63) is 59.0 Å². The van der Waals surface area contributed by atoms with Gasteiger partial charge < -0.3 is 24.9 Å². The fourth-order valence-corrected chi connectivity index (χ4v) is 2.49. The second-order valence-electron chi connectivity index (χ2n) is 6.48. The number of guanidine groups is 1. The van der Waals surface area contributed by atoms with Crippen molar-refractivity contribution in [1.82, 2.24) is 10.6 Å². The van der Waals surface area contributed by atoms with E-state index >= 15 is 0 Å². The third kappa shape index (κ3) is 5.89. The Morgan fingerprint density at radius 3 is 2.42 bits per heavy atom. The highest BCUT2D eigenvalue weighted by Crippen LogP contribution is 2.21. The van der Waals surface area contributed by atoms with Crippen LogP contribution in [0.15, 0.2) is 45.8 Å². The number of ether oxygens (including phenoxy) is 1. The number of hydrogen-bond acceptors (Lipinski definition) is 4. The molecule has 0 aliphatic rings. The van der Waals surface area contributed by atoms with Crippen molar-refractivity contribution in [2.24, 2.45) is 4.99 Å². The van der Waals surface area contributed by atoms with E-state index in [4.69, 9.17) is 9.15 Å². The summed E-state index contributed by atoms with van der Waals surface area (Å²) in [5.74, 6) is 1.96. The van der Waals surface area contributed by atoms with Crippen LogP contribution in [0, 0.1) is 6.92 Å². The van der Waals surface area contributed by atoms with E-state index < -0.39 is 5.60 Å². The van der Waals surface area contributed by atoms with E-state index in [-0.39, 0.29) is 0 Å². The number of methoxy groups -OCH3 is 1. The summed E-state index contributed by atoms with van der Waals surface area (Å²) >= 11 is 0. The maximum Gasteiger partial charge on any atom is 0.191 e. The molecule has 6 heteroatoms. The molecule has 3 N–H and O–H groups in total. The lowest BCUT2D eigenvalue weighted by Crippen LogP contribution is -2.44. The predicted octanol–water partition coefficient (Wildman–Crippen LogP) is 2.70. The maximum atomic E-state index is 10.6. The Labute approximate surface area is 155 Å². The molecule has 0 saturated carbocycles. The molecule has 0 amide bonds. The summed E-state index contributed by atoms with van der Waals surface area (Å²) in [7, 11) is 1.69. The van der Waals surface area contributed by atoms with Gasteiger partial charge in [0.05, 0.1) is 19.7 Å². The number of nitrogens with one attached hydrogen (secondary N) is 2. The molecular formula is C20H29N3O3. The molecule has 0 spiro atoms. The van der Waals surface area contributed by atoms with Crippen LogP contribution in [0.1, 0.15) is 36.5 Å². The molecule has 1 heterocycles. The summed E-state index contributed by atoms with van der Waals surface area (Å²) < 4.78 is 10.7. The van der Waals surface area contributed by atoms with Crippen molar-refractivity contribution < 1.29 is 14.3 Å². The monoisotopic (exact) mass is 359 g/mol. The third-order valence-electron chi connectivity index (χ3n) is 3.97. The van der Waals surface area contributed by atoms with Gasteiger partial charge in [-0.3, -0.25) is 0 Å². The van der Waals surface area contributed by atoms with E-state index in [0.717, 1.165) is 23.4 Å². The predicted molar refractivity (Wildman–Crippen MR) is 103 cm³/mol. The zero-order chi connectivity index (χ0) is 19.0. The Kier molecular flexibility index (Phi) is 7.24. The Bertz CT molecular complexity index is 705. The fourth-order valence-electron chi connectivity index (χ4n) is 2.49. The molecule has 0 bridgehead atoms. The minimum Gasteiger partial charge on any atom is -0.463 e. The summed E-state index contributed by atoms with van der Waals surface area (Å²) in [6, 6.07) is 11.8. The van der Waals surface area contributed by atoms with Crippen LogP contribution in [0.25, 0.3) is 0 Å². The zero-order valence-corrected chi connectivity index (χ0v) is 16.0. The number of aryl methyl sites for hydroxylation is 1. The topological polar surface area (TPSA) is 79.0 Å². The van der Waals surface area contributed by atoms with Gasteiger partial charge in [-0.25, -0.2) is 4.99 Å². The van der Waals surface area contributed by atoms with Gasteiger partial charge in [0.15, 0.2) is 5.96 Å².